The standard InChI is InChI=1S/C10H11ClN4O/c1-7(16)12-3-5-15-4-2-8-6-9(11)13-14-10(8)15/h2,4,6H,3,5H2,1H3,(H,12,16). The number of nitrogens with one attached hydrogen (secondary N) is 1. The van der Waals surface area contributed by atoms with Crippen molar-refractivity contribution in [1.82, 2.24) is 20.1 Å². The molecule has 2 aromatic rings. The summed E-state index contributed by atoms with van der Waals surface area (Å²) in [5.41, 5.74) is 0.773. The maximum Gasteiger partial charge on any atom is 0.216 e. The number of halogens is 1. The van der Waals surface area contributed by atoms with Crippen molar-refractivity contribution in [2.45, 2.75) is 13.5 Å². The number of carbonyl (C=O) groups excluding carboxylic acids is 1. The highest BCUT2D eigenvalue weighted by Gasteiger charge is 2.03. The molecule has 0 unspecified atom stereocenters. The van der Waals surface area contributed by atoms with E-state index < -0.39 is 0 Å². The van der Waals surface area contributed by atoms with E-state index in [-0.39, 0.29) is 5.91 Å². The Morgan fingerprint density at radius 1 is 1.56 bits per heavy atom. The summed E-state index contributed by atoms with van der Waals surface area (Å²) in [4.78, 5) is 10.7. The lowest BCUT2D eigenvalue weighted by Crippen LogP contribution is -2.24. The Morgan fingerprint density at radius 3 is 3.12 bits per heavy atom. The molecule has 0 aromatic carbocycles. The predicted octanol–water partition coefficient (Wildman–Crippen LogP) is 1.22. The number of amides is 1. The zero-order valence-electron chi connectivity index (χ0n) is 8.77. The number of rotatable bonds is 3. The SMILES string of the molecule is CC(=O)NCCn1ccc2cc(Cl)nnc21. The number of hydrogen-bond donors (Lipinski definition) is 1. The molecule has 2 aromatic heterocycles. The Kier molecular flexibility index (Phi) is 3.05. The third-order valence-electron chi connectivity index (χ3n) is 2.21. The third kappa shape index (κ3) is 2.30. The van der Waals surface area contributed by atoms with Crippen LogP contribution >= 0.6 is 11.6 Å². The molecule has 0 atom stereocenters. The maximum atomic E-state index is 10.7. The molecule has 5 nitrogen and oxygen atoms in total. The van der Waals surface area contributed by atoms with Gasteiger partial charge in [0.25, 0.3) is 0 Å². The Bertz CT molecular complexity index is 523. The molecule has 0 spiro atoms. The normalized spacial score (nSPS) is 10.6. The number of nitrogens with zero attached hydrogens (tertiary/aromatic N) is 3. The summed E-state index contributed by atoms with van der Waals surface area (Å²) in [7, 11) is 0. The highest BCUT2D eigenvalue weighted by molar-refractivity contribution is 6.29. The van der Waals surface area contributed by atoms with E-state index in [1.165, 1.54) is 6.92 Å². The van der Waals surface area contributed by atoms with Crippen molar-refractivity contribution in [1.29, 1.82) is 0 Å². The van der Waals surface area contributed by atoms with Gasteiger partial charge in [0.15, 0.2) is 10.8 Å². The summed E-state index contributed by atoms with van der Waals surface area (Å²) < 4.78 is 1.93. The van der Waals surface area contributed by atoms with Crippen LogP contribution in [0.25, 0.3) is 11.0 Å². The van der Waals surface area contributed by atoms with Gasteiger partial charge < -0.3 is 9.88 Å². The second-order valence-corrected chi connectivity index (χ2v) is 3.83. The molecule has 16 heavy (non-hydrogen) atoms. The van der Waals surface area contributed by atoms with Crippen LogP contribution in [-0.2, 0) is 11.3 Å². The number of fused-ring (bicyclic) bond motifs is 1. The van der Waals surface area contributed by atoms with Crippen molar-refractivity contribution < 1.29 is 4.79 Å². The van der Waals surface area contributed by atoms with E-state index in [1.807, 2.05) is 16.8 Å². The molecule has 0 aliphatic rings. The fourth-order valence-electron chi connectivity index (χ4n) is 1.49. The second-order valence-electron chi connectivity index (χ2n) is 3.44. The quantitative estimate of drug-likeness (QED) is 0.875. The summed E-state index contributed by atoms with van der Waals surface area (Å²) in [6.45, 7) is 2.73. The van der Waals surface area contributed by atoms with E-state index in [1.54, 1.807) is 6.07 Å². The lowest BCUT2D eigenvalue weighted by Gasteiger charge is -2.04. The first kappa shape index (κ1) is 10.9. The first-order valence-electron chi connectivity index (χ1n) is 4.89. The monoisotopic (exact) mass is 238 g/mol. The molecule has 0 aliphatic carbocycles. The topological polar surface area (TPSA) is 59.8 Å². The largest absolute Gasteiger partial charge is 0.355 e. The maximum absolute atomic E-state index is 10.7. The molecule has 2 heterocycles. The van der Waals surface area contributed by atoms with Crippen LogP contribution in [0.15, 0.2) is 18.3 Å². The van der Waals surface area contributed by atoms with Gasteiger partial charge in [0.05, 0.1) is 0 Å². The number of carbonyl (C=O) groups is 1. The van der Waals surface area contributed by atoms with Gasteiger partial charge in [-0.1, -0.05) is 11.6 Å². The molecule has 6 heteroatoms. The fourth-order valence-corrected chi connectivity index (χ4v) is 1.65. The molecule has 1 N–H and O–H groups in total. The van der Waals surface area contributed by atoms with Crippen LogP contribution in [0.4, 0.5) is 0 Å². The minimum absolute atomic E-state index is 0.0365. The fraction of sp³-hybridized carbons (Fsp3) is 0.300. The van der Waals surface area contributed by atoms with E-state index in [4.69, 9.17) is 11.6 Å². The van der Waals surface area contributed by atoms with Gasteiger partial charge in [-0.15, -0.1) is 10.2 Å². The molecule has 0 saturated heterocycles. The van der Waals surface area contributed by atoms with Crippen molar-refractivity contribution in [2.24, 2.45) is 0 Å². The van der Waals surface area contributed by atoms with Crippen LogP contribution in [0, 0.1) is 0 Å². The van der Waals surface area contributed by atoms with Crippen molar-refractivity contribution in [3.8, 4) is 0 Å². The lowest BCUT2D eigenvalue weighted by atomic mass is 10.4. The average Bonchev–Trinajstić information content (AvgIpc) is 2.60. The van der Waals surface area contributed by atoms with Crippen molar-refractivity contribution in [3.63, 3.8) is 0 Å². The molecule has 1 amide bonds. The molecule has 0 radical (unpaired) electrons. The van der Waals surface area contributed by atoms with Gasteiger partial charge >= 0.3 is 0 Å². The van der Waals surface area contributed by atoms with Crippen molar-refractivity contribution in [2.75, 3.05) is 6.54 Å². The minimum Gasteiger partial charge on any atom is -0.355 e. The summed E-state index contributed by atoms with van der Waals surface area (Å²) in [6.07, 6.45) is 1.90. The van der Waals surface area contributed by atoms with Gasteiger partial charge in [-0.2, -0.15) is 0 Å². The average molecular weight is 239 g/mol. The zero-order chi connectivity index (χ0) is 11.5. The van der Waals surface area contributed by atoms with Gasteiger partial charge in [0.1, 0.15) is 0 Å². The summed E-state index contributed by atoms with van der Waals surface area (Å²) in [6, 6.07) is 3.68. The zero-order valence-corrected chi connectivity index (χ0v) is 9.53. The van der Waals surface area contributed by atoms with E-state index in [9.17, 15) is 4.79 Å². The summed E-state index contributed by atoms with van der Waals surface area (Å²) in [5.74, 6) is -0.0365. The third-order valence-corrected chi connectivity index (χ3v) is 2.39. The van der Waals surface area contributed by atoms with Crippen molar-refractivity contribution >= 4 is 28.5 Å². The first-order chi connectivity index (χ1) is 7.66. The molecule has 0 aliphatic heterocycles. The molecule has 84 valence electrons. The molecular weight excluding hydrogens is 228 g/mol. The number of hydrogen-bond acceptors (Lipinski definition) is 3. The van der Waals surface area contributed by atoms with E-state index >= 15 is 0 Å². The van der Waals surface area contributed by atoms with Crippen LogP contribution in [-0.4, -0.2) is 27.2 Å². The van der Waals surface area contributed by atoms with Crippen molar-refractivity contribution in [3.05, 3.63) is 23.5 Å². The Hall–Kier alpha value is -1.62. The van der Waals surface area contributed by atoms with Gasteiger partial charge in [-0.25, -0.2) is 0 Å². The van der Waals surface area contributed by atoms with Gasteiger partial charge in [0.2, 0.25) is 5.91 Å². The van der Waals surface area contributed by atoms with Crippen LogP contribution in [0.3, 0.4) is 0 Å². The molecule has 0 saturated carbocycles. The first-order valence-corrected chi connectivity index (χ1v) is 5.27. The highest BCUT2D eigenvalue weighted by atomic mass is 35.5. The van der Waals surface area contributed by atoms with E-state index in [0.717, 1.165) is 11.0 Å². The minimum atomic E-state index is -0.0365. The molecule has 0 fully saturated rings. The molecule has 2 rings (SSSR count). The Balaban J connectivity index is 2.15. The predicted molar refractivity (Wildman–Crippen MR) is 61.2 cm³/mol. The van der Waals surface area contributed by atoms with Crippen LogP contribution in [0.5, 0.6) is 0 Å². The van der Waals surface area contributed by atoms with Gasteiger partial charge in [0, 0.05) is 31.6 Å². The second kappa shape index (κ2) is 4.49. The summed E-state index contributed by atoms with van der Waals surface area (Å²) in [5, 5.41) is 11.9. The van der Waals surface area contributed by atoms with Crippen LogP contribution < -0.4 is 5.32 Å². The van der Waals surface area contributed by atoms with Gasteiger partial charge in [-0.05, 0) is 12.1 Å². The van der Waals surface area contributed by atoms with Gasteiger partial charge in [-0.3, -0.25) is 4.79 Å². The van der Waals surface area contributed by atoms with E-state index in [2.05, 4.69) is 15.5 Å². The highest BCUT2D eigenvalue weighted by Crippen LogP contribution is 2.15. The Morgan fingerprint density at radius 2 is 2.38 bits per heavy atom. The molecule has 0 bridgehead atoms. The number of aromatic nitrogens is 3. The smallest absolute Gasteiger partial charge is 0.216 e. The summed E-state index contributed by atoms with van der Waals surface area (Å²) >= 11 is 5.73. The van der Waals surface area contributed by atoms with E-state index in [0.29, 0.717) is 18.2 Å². The lowest BCUT2D eigenvalue weighted by molar-refractivity contribution is -0.118. The van der Waals surface area contributed by atoms with Crippen LogP contribution in [0.2, 0.25) is 5.15 Å². The van der Waals surface area contributed by atoms with Crippen LogP contribution in [0.1, 0.15) is 6.92 Å². The molecular formula is C10H11ClN4O. The Labute approximate surface area is 97.4 Å².